The molecule has 7 nitrogen and oxygen atoms in total. The van der Waals surface area contributed by atoms with Crippen molar-refractivity contribution >= 4 is 34.1 Å². The lowest BCUT2D eigenvalue weighted by atomic mass is 10.2. The van der Waals surface area contributed by atoms with Crippen LogP contribution in [0.3, 0.4) is 0 Å². The minimum Gasteiger partial charge on any atom is -0.365 e. The molecule has 4 heterocycles. The number of aromatic nitrogens is 4. The topological polar surface area (TPSA) is 95.6 Å². The molecule has 0 saturated heterocycles. The van der Waals surface area contributed by atoms with Gasteiger partial charge in [0.05, 0.1) is 12.1 Å². The van der Waals surface area contributed by atoms with Gasteiger partial charge in [0.1, 0.15) is 17.8 Å². The maximum absolute atomic E-state index is 13.4. The number of benzene rings is 1. The van der Waals surface area contributed by atoms with Crippen LogP contribution in [0.5, 0.6) is 0 Å². The van der Waals surface area contributed by atoms with Crippen LogP contribution in [0.1, 0.15) is 20.8 Å². The number of carbonyl (C=O) groups excluding carboxylic acids is 1. The minimum atomic E-state index is -0.953. The smallest absolute Gasteiger partial charge is 0.255 e. The molecular formula is C24H18F2N6OS. The maximum atomic E-state index is 13.4. The van der Waals surface area contributed by atoms with Crippen molar-refractivity contribution in [2.45, 2.75) is 13.1 Å². The van der Waals surface area contributed by atoms with Crippen LogP contribution in [0.2, 0.25) is 0 Å². The second-order valence-electron chi connectivity index (χ2n) is 7.44. The number of pyridine rings is 1. The molecule has 170 valence electrons. The average Bonchev–Trinajstić information content (AvgIpc) is 3.50. The summed E-state index contributed by atoms with van der Waals surface area (Å²) in [7, 11) is 0. The number of rotatable bonds is 7. The number of amides is 1. The van der Waals surface area contributed by atoms with Gasteiger partial charge >= 0.3 is 0 Å². The molecule has 0 aliphatic rings. The number of thiophene rings is 1. The van der Waals surface area contributed by atoms with Gasteiger partial charge in [0.2, 0.25) is 0 Å². The molecule has 0 fully saturated rings. The van der Waals surface area contributed by atoms with Crippen LogP contribution in [-0.4, -0.2) is 25.8 Å². The molecule has 34 heavy (non-hydrogen) atoms. The van der Waals surface area contributed by atoms with Gasteiger partial charge in [-0.25, -0.2) is 23.7 Å². The molecule has 0 aliphatic heterocycles. The Balaban J connectivity index is 1.26. The van der Waals surface area contributed by atoms with Crippen LogP contribution >= 0.6 is 11.3 Å². The lowest BCUT2D eigenvalue weighted by molar-refractivity contribution is 0.0951. The molecule has 3 N–H and O–H groups in total. The molecule has 10 heteroatoms. The van der Waals surface area contributed by atoms with Crippen molar-refractivity contribution in [2.75, 3.05) is 5.32 Å². The predicted molar refractivity (Wildman–Crippen MR) is 126 cm³/mol. The fourth-order valence-electron chi connectivity index (χ4n) is 3.51. The molecule has 4 aromatic heterocycles. The Morgan fingerprint density at radius 2 is 1.97 bits per heavy atom. The van der Waals surface area contributed by atoms with Gasteiger partial charge in [-0.05, 0) is 42.0 Å². The summed E-state index contributed by atoms with van der Waals surface area (Å²) in [5.41, 5.74) is 2.63. The molecule has 0 unspecified atom stereocenters. The van der Waals surface area contributed by atoms with E-state index in [9.17, 15) is 13.6 Å². The Kier molecular flexibility index (Phi) is 5.96. The molecule has 5 aromatic rings. The lowest BCUT2D eigenvalue weighted by Gasteiger charge is -2.11. The normalized spacial score (nSPS) is 11.0. The van der Waals surface area contributed by atoms with Crippen molar-refractivity contribution in [2.24, 2.45) is 0 Å². The third-order valence-electron chi connectivity index (χ3n) is 5.20. The zero-order valence-electron chi connectivity index (χ0n) is 17.7. The molecule has 1 amide bonds. The molecule has 1 aromatic carbocycles. The summed E-state index contributed by atoms with van der Waals surface area (Å²) >= 11 is 1.62. The molecule has 0 bridgehead atoms. The summed E-state index contributed by atoms with van der Waals surface area (Å²) < 4.78 is 26.5. The van der Waals surface area contributed by atoms with Crippen molar-refractivity contribution < 1.29 is 13.6 Å². The average molecular weight is 477 g/mol. The highest BCUT2D eigenvalue weighted by Gasteiger charge is 2.14. The van der Waals surface area contributed by atoms with E-state index in [0.29, 0.717) is 23.5 Å². The van der Waals surface area contributed by atoms with E-state index in [1.165, 1.54) is 12.4 Å². The zero-order chi connectivity index (χ0) is 23.5. The first-order valence-electron chi connectivity index (χ1n) is 10.4. The first-order valence-corrected chi connectivity index (χ1v) is 11.2. The van der Waals surface area contributed by atoms with Gasteiger partial charge in [0.25, 0.3) is 5.91 Å². The summed E-state index contributed by atoms with van der Waals surface area (Å²) in [6.07, 6.45) is 6.80. The summed E-state index contributed by atoms with van der Waals surface area (Å²) in [6.45, 7) is 0.539. The first kappa shape index (κ1) is 21.7. The van der Waals surface area contributed by atoms with Gasteiger partial charge in [-0.3, -0.25) is 4.79 Å². The van der Waals surface area contributed by atoms with E-state index in [0.717, 1.165) is 38.5 Å². The monoisotopic (exact) mass is 476 g/mol. The third kappa shape index (κ3) is 4.48. The summed E-state index contributed by atoms with van der Waals surface area (Å²) in [5, 5.41) is 6.89. The van der Waals surface area contributed by atoms with Crippen molar-refractivity contribution in [3.8, 4) is 10.4 Å². The van der Waals surface area contributed by atoms with Gasteiger partial charge < -0.3 is 15.6 Å². The zero-order valence-corrected chi connectivity index (χ0v) is 18.5. The standard InChI is InChI=1S/C24H18F2N6OS/c25-19-5-3-14(8-20(19)26)9-31-24(33)16-2-1-7-28-22(16)29-10-15-4-6-21(34-15)17-12-30-23-18(17)11-27-13-32-23/h1-8,11-13H,9-10H2,(H,28,29)(H,31,33)(H,27,30,32). The SMILES string of the molecule is O=C(NCc1ccc(F)c(F)c1)c1cccnc1NCc1ccc(-c2c[nH]c3ncncc23)s1. The van der Waals surface area contributed by atoms with Crippen LogP contribution in [0, 0.1) is 11.6 Å². The van der Waals surface area contributed by atoms with E-state index in [4.69, 9.17) is 0 Å². The Morgan fingerprint density at radius 1 is 1.06 bits per heavy atom. The van der Waals surface area contributed by atoms with E-state index in [2.05, 4.69) is 30.6 Å². The molecule has 5 rings (SSSR count). The van der Waals surface area contributed by atoms with Gasteiger partial charge in [-0.1, -0.05) is 6.07 Å². The van der Waals surface area contributed by atoms with E-state index >= 15 is 0 Å². The van der Waals surface area contributed by atoms with Crippen LogP contribution in [0.25, 0.3) is 21.5 Å². The lowest BCUT2D eigenvalue weighted by Crippen LogP contribution is -2.24. The number of halogens is 2. The highest BCUT2D eigenvalue weighted by molar-refractivity contribution is 7.15. The molecule has 0 spiro atoms. The fourth-order valence-corrected chi connectivity index (χ4v) is 4.49. The Labute approximate surface area is 196 Å². The van der Waals surface area contributed by atoms with Gasteiger partial charge in [-0.15, -0.1) is 11.3 Å². The van der Waals surface area contributed by atoms with Crippen molar-refractivity contribution in [3.05, 3.63) is 95.0 Å². The van der Waals surface area contributed by atoms with Gasteiger partial charge in [0, 0.05) is 45.8 Å². The first-order chi connectivity index (χ1) is 16.6. The van der Waals surface area contributed by atoms with E-state index in [1.807, 2.05) is 18.3 Å². The Hall–Kier alpha value is -4.18. The highest BCUT2D eigenvalue weighted by Crippen LogP contribution is 2.33. The number of nitrogens with zero attached hydrogens (tertiary/aromatic N) is 3. The second kappa shape index (κ2) is 9.36. The third-order valence-corrected chi connectivity index (χ3v) is 6.32. The van der Waals surface area contributed by atoms with E-state index in [-0.39, 0.29) is 12.5 Å². The number of nitrogens with one attached hydrogen (secondary N) is 3. The van der Waals surface area contributed by atoms with Gasteiger partial charge in [-0.2, -0.15) is 0 Å². The number of H-pyrrole nitrogens is 1. The number of carbonyl (C=O) groups is 1. The maximum Gasteiger partial charge on any atom is 0.255 e. The number of hydrogen-bond donors (Lipinski definition) is 3. The summed E-state index contributed by atoms with van der Waals surface area (Å²) in [6, 6.07) is 10.9. The Morgan fingerprint density at radius 3 is 2.85 bits per heavy atom. The second-order valence-corrected chi connectivity index (χ2v) is 8.61. The van der Waals surface area contributed by atoms with Crippen LogP contribution in [-0.2, 0) is 13.1 Å². The highest BCUT2D eigenvalue weighted by atomic mass is 32.1. The molecule has 0 aliphatic carbocycles. The molecular weight excluding hydrogens is 458 g/mol. The number of hydrogen-bond acceptors (Lipinski definition) is 6. The minimum absolute atomic E-state index is 0.0625. The summed E-state index contributed by atoms with van der Waals surface area (Å²) in [4.78, 5) is 30.6. The predicted octanol–water partition coefficient (Wildman–Crippen LogP) is 4.90. The van der Waals surface area contributed by atoms with E-state index in [1.54, 1.807) is 35.9 Å². The van der Waals surface area contributed by atoms with Crippen molar-refractivity contribution in [1.82, 2.24) is 25.3 Å². The van der Waals surface area contributed by atoms with Crippen LogP contribution < -0.4 is 10.6 Å². The largest absolute Gasteiger partial charge is 0.365 e. The molecule has 0 radical (unpaired) electrons. The van der Waals surface area contributed by atoms with Gasteiger partial charge in [0.15, 0.2) is 11.6 Å². The summed E-state index contributed by atoms with van der Waals surface area (Å²) in [5.74, 6) is -1.82. The van der Waals surface area contributed by atoms with Crippen LogP contribution in [0.15, 0.2) is 67.4 Å². The number of aromatic amines is 1. The Bertz CT molecular complexity index is 1480. The number of fused-ring (bicyclic) bond motifs is 1. The number of anilines is 1. The quantitative estimate of drug-likeness (QED) is 0.311. The molecule has 0 atom stereocenters. The van der Waals surface area contributed by atoms with Crippen LogP contribution in [0.4, 0.5) is 14.6 Å². The fraction of sp³-hybridized carbons (Fsp3) is 0.0833. The van der Waals surface area contributed by atoms with E-state index < -0.39 is 11.6 Å². The van der Waals surface area contributed by atoms with Crippen molar-refractivity contribution in [1.29, 1.82) is 0 Å². The molecule has 0 saturated carbocycles. The van der Waals surface area contributed by atoms with Crippen molar-refractivity contribution in [3.63, 3.8) is 0 Å².